The molecule has 2 heterocycles. The molecule has 1 unspecified atom stereocenters. The topological polar surface area (TPSA) is 91.8 Å². The molecule has 8 heteroatoms. The summed E-state index contributed by atoms with van der Waals surface area (Å²) in [4.78, 5) is 31.8. The van der Waals surface area contributed by atoms with Crippen LogP contribution in [0.25, 0.3) is 10.4 Å². The normalized spacial score (nSPS) is 19.3. The van der Waals surface area contributed by atoms with E-state index in [1.165, 1.54) is 4.90 Å². The Kier molecular flexibility index (Phi) is 6.24. The average molecular weight is 418 g/mol. The van der Waals surface area contributed by atoms with Crippen LogP contribution in [-0.4, -0.2) is 51.3 Å². The van der Waals surface area contributed by atoms with Gasteiger partial charge in [-0.1, -0.05) is 24.3 Å². The van der Waals surface area contributed by atoms with Crippen molar-refractivity contribution < 1.29 is 19.4 Å². The molecular formula is C21H27N3O4S. The summed E-state index contributed by atoms with van der Waals surface area (Å²) in [5, 5.41) is 12.8. The molecule has 0 radical (unpaired) electrons. The van der Waals surface area contributed by atoms with Crippen molar-refractivity contribution in [1.82, 2.24) is 15.2 Å². The number of likely N-dealkylation sites (tertiary alicyclic amines) is 1. The smallest absolute Gasteiger partial charge is 0.411 e. The van der Waals surface area contributed by atoms with Gasteiger partial charge >= 0.3 is 6.09 Å². The van der Waals surface area contributed by atoms with E-state index in [9.17, 15) is 14.7 Å². The number of carbonyl (C=O) groups excluding carboxylic acids is 2. The molecule has 2 N–H and O–H groups in total. The van der Waals surface area contributed by atoms with Gasteiger partial charge in [0.1, 0.15) is 11.6 Å². The second-order valence-electron chi connectivity index (χ2n) is 8.22. The van der Waals surface area contributed by atoms with Gasteiger partial charge in [-0.05, 0) is 38.8 Å². The van der Waals surface area contributed by atoms with Crippen molar-refractivity contribution in [3.63, 3.8) is 0 Å². The van der Waals surface area contributed by atoms with Gasteiger partial charge in [0.15, 0.2) is 0 Å². The van der Waals surface area contributed by atoms with Crippen LogP contribution in [0, 0.1) is 6.92 Å². The van der Waals surface area contributed by atoms with E-state index in [1.807, 2.05) is 36.7 Å². The summed E-state index contributed by atoms with van der Waals surface area (Å²) in [6.45, 7) is 7.72. The number of aliphatic hydroxyl groups is 1. The molecule has 2 aromatic rings. The molecule has 1 aromatic heterocycles. The minimum absolute atomic E-state index is 0.0932. The van der Waals surface area contributed by atoms with Gasteiger partial charge in [0.25, 0.3) is 0 Å². The van der Waals surface area contributed by atoms with Crippen LogP contribution in [0.1, 0.15) is 38.4 Å². The number of β-amino-alcohol motifs (C(OH)–C–C–N with tert-alkyl or cyclic N) is 1. The number of rotatable bonds is 4. The van der Waals surface area contributed by atoms with Crippen molar-refractivity contribution in [3.8, 4) is 10.4 Å². The molecule has 3 rings (SSSR count). The maximum Gasteiger partial charge on any atom is 0.411 e. The Morgan fingerprint density at radius 1 is 1.31 bits per heavy atom. The standard InChI is InChI=1S/C21H27N3O4S/c1-13-18(29-12-23-13)15-7-5-14(6-8-15)10-22-19(26)17-9-16(25)11-24(17)20(27)28-21(2,3)4/h5-8,12,16-17,25H,9-11H2,1-4H3,(H,22,26)/t16-,17?/m1/s1. The van der Waals surface area contributed by atoms with Crippen LogP contribution in [0.4, 0.5) is 4.79 Å². The number of ether oxygens (including phenoxy) is 1. The van der Waals surface area contributed by atoms with E-state index in [1.54, 1.807) is 32.1 Å². The summed E-state index contributed by atoms with van der Waals surface area (Å²) < 4.78 is 5.36. The number of aromatic nitrogens is 1. The van der Waals surface area contributed by atoms with Gasteiger partial charge in [-0.15, -0.1) is 11.3 Å². The molecule has 2 amide bonds. The van der Waals surface area contributed by atoms with Gasteiger partial charge in [0.05, 0.1) is 28.7 Å². The molecule has 0 spiro atoms. The highest BCUT2D eigenvalue weighted by atomic mass is 32.1. The lowest BCUT2D eigenvalue weighted by Crippen LogP contribution is -2.47. The van der Waals surface area contributed by atoms with Crippen molar-refractivity contribution in [3.05, 3.63) is 41.0 Å². The fraction of sp³-hybridized carbons (Fsp3) is 0.476. The SMILES string of the molecule is Cc1ncsc1-c1ccc(CNC(=O)C2C[C@@H](O)CN2C(=O)OC(C)(C)C)cc1. The lowest BCUT2D eigenvalue weighted by atomic mass is 10.1. The van der Waals surface area contributed by atoms with Crippen LogP contribution in [0.5, 0.6) is 0 Å². The zero-order valence-electron chi connectivity index (χ0n) is 17.1. The van der Waals surface area contributed by atoms with Crippen LogP contribution in [-0.2, 0) is 16.1 Å². The number of carbonyl (C=O) groups is 2. The van der Waals surface area contributed by atoms with E-state index in [0.717, 1.165) is 21.7 Å². The van der Waals surface area contributed by atoms with Crippen molar-refractivity contribution in [1.29, 1.82) is 0 Å². The number of nitrogens with one attached hydrogen (secondary N) is 1. The third-order valence-corrected chi connectivity index (χ3v) is 5.62. The quantitative estimate of drug-likeness (QED) is 0.798. The molecule has 1 aliphatic rings. The first kappa shape index (κ1) is 21.3. The molecular weight excluding hydrogens is 390 g/mol. The van der Waals surface area contributed by atoms with Crippen molar-refractivity contribution in [2.24, 2.45) is 0 Å². The Bertz CT molecular complexity index is 873. The maximum absolute atomic E-state index is 12.7. The summed E-state index contributed by atoms with van der Waals surface area (Å²) in [5.41, 5.74) is 4.20. The highest BCUT2D eigenvalue weighted by Crippen LogP contribution is 2.27. The van der Waals surface area contributed by atoms with Crippen LogP contribution >= 0.6 is 11.3 Å². The van der Waals surface area contributed by atoms with Crippen molar-refractivity contribution >= 4 is 23.3 Å². The number of benzene rings is 1. The number of aryl methyl sites for hydroxylation is 1. The van der Waals surface area contributed by atoms with Crippen molar-refractivity contribution in [2.45, 2.75) is 58.4 Å². The largest absolute Gasteiger partial charge is 0.444 e. The number of aliphatic hydroxyl groups excluding tert-OH is 1. The zero-order chi connectivity index (χ0) is 21.2. The number of thiazole rings is 1. The van der Waals surface area contributed by atoms with E-state index >= 15 is 0 Å². The van der Waals surface area contributed by atoms with Gasteiger partial charge in [-0.2, -0.15) is 0 Å². The lowest BCUT2D eigenvalue weighted by Gasteiger charge is -2.27. The fourth-order valence-electron chi connectivity index (χ4n) is 3.24. The molecule has 1 aliphatic heterocycles. The van der Waals surface area contributed by atoms with Crippen LogP contribution in [0.15, 0.2) is 29.8 Å². The first-order valence-electron chi connectivity index (χ1n) is 9.59. The molecule has 0 aliphatic carbocycles. The Morgan fingerprint density at radius 2 is 2.00 bits per heavy atom. The zero-order valence-corrected chi connectivity index (χ0v) is 18.0. The lowest BCUT2D eigenvalue weighted by molar-refractivity contribution is -0.125. The third kappa shape index (κ3) is 5.33. The van der Waals surface area contributed by atoms with E-state index in [2.05, 4.69) is 10.3 Å². The Labute approximate surface area is 174 Å². The third-order valence-electron chi connectivity index (χ3n) is 4.64. The Morgan fingerprint density at radius 3 is 2.59 bits per heavy atom. The van der Waals surface area contributed by atoms with Crippen LogP contribution < -0.4 is 5.32 Å². The summed E-state index contributed by atoms with van der Waals surface area (Å²) in [5.74, 6) is -0.296. The predicted molar refractivity (Wildman–Crippen MR) is 111 cm³/mol. The van der Waals surface area contributed by atoms with Crippen molar-refractivity contribution in [2.75, 3.05) is 6.54 Å². The summed E-state index contributed by atoms with van der Waals surface area (Å²) in [6.07, 6.45) is -1.12. The average Bonchev–Trinajstić information content (AvgIpc) is 3.24. The first-order chi connectivity index (χ1) is 13.6. The Hall–Kier alpha value is -2.45. The van der Waals surface area contributed by atoms with Gasteiger partial charge in [-0.25, -0.2) is 9.78 Å². The second kappa shape index (κ2) is 8.51. The second-order valence-corrected chi connectivity index (χ2v) is 9.07. The molecule has 0 bridgehead atoms. The number of nitrogens with zero attached hydrogens (tertiary/aromatic N) is 2. The highest BCUT2D eigenvalue weighted by Gasteiger charge is 2.40. The monoisotopic (exact) mass is 417 g/mol. The molecule has 29 heavy (non-hydrogen) atoms. The van der Waals surface area contributed by atoms with Gasteiger partial charge < -0.3 is 15.2 Å². The molecule has 2 atom stereocenters. The molecule has 1 aromatic carbocycles. The molecule has 0 saturated carbocycles. The predicted octanol–water partition coefficient (Wildman–Crippen LogP) is 3.11. The fourth-order valence-corrected chi connectivity index (χ4v) is 4.06. The Balaban J connectivity index is 1.60. The van der Waals surface area contributed by atoms with E-state index < -0.39 is 23.8 Å². The van der Waals surface area contributed by atoms with Gasteiger partial charge in [0, 0.05) is 13.0 Å². The number of hydrogen-bond donors (Lipinski definition) is 2. The molecule has 1 saturated heterocycles. The molecule has 1 fully saturated rings. The van der Waals surface area contributed by atoms with Crippen LogP contribution in [0.3, 0.4) is 0 Å². The van der Waals surface area contributed by atoms with Crippen LogP contribution in [0.2, 0.25) is 0 Å². The highest BCUT2D eigenvalue weighted by molar-refractivity contribution is 7.13. The minimum atomic E-state index is -0.737. The minimum Gasteiger partial charge on any atom is -0.444 e. The summed E-state index contributed by atoms with van der Waals surface area (Å²) in [6, 6.07) is 7.20. The number of amides is 2. The first-order valence-corrected chi connectivity index (χ1v) is 10.5. The summed E-state index contributed by atoms with van der Waals surface area (Å²) in [7, 11) is 0. The van der Waals surface area contributed by atoms with E-state index in [0.29, 0.717) is 6.54 Å². The number of hydrogen-bond acceptors (Lipinski definition) is 6. The summed E-state index contributed by atoms with van der Waals surface area (Å²) >= 11 is 1.60. The van der Waals surface area contributed by atoms with E-state index in [4.69, 9.17) is 4.74 Å². The van der Waals surface area contributed by atoms with Gasteiger partial charge in [0.2, 0.25) is 5.91 Å². The van der Waals surface area contributed by atoms with Gasteiger partial charge in [-0.3, -0.25) is 9.69 Å². The maximum atomic E-state index is 12.7. The molecule has 7 nitrogen and oxygen atoms in total. The van der Waals surface area contributed by atoms with E-state index in [-0.39, 0.29) is 18.9 Å². The molecule has 156 valence electrons.